The summed E-state index contributed by atoms with van der Waals surface area (Å²) in [4.78, 5) is 6.16. The van der Waals surface area contributed by atoms with Crippen molar-refractivity contribution in [3.8, 4) is 5.00 Å². The third-order valence-corrected chi connectivity index (χ3v) is 5.66. The second-order valence-corrected chi connectivity index (χ2v) is 7.27. The van der Waals surface area contributed by atoms with Gasteiger partial charge in [0.05, 0.1) is 5.71 Å². The number of thiophene rings is 1. The molecule has 4 nitrogen and oxygen atoms in total. The Balaban J connectivity index is 2.04. The van der Waals surface area contributed by atoms with Crippen molar-refractivity contribution < 1.29 is 4.39 Å². The molecule has 6 heteroatoms. The lowest BCUT2D eigenvalue weighted by molar-refractivity contribution is 0.628. The maximum atomic E-state index is 13.3. The van der Waals surface area contributed by atoms with E-state index >= 15 is 0 Å². The molecule has 0 amide bonds. The van der Waals surface area contributed by atoms with Crippen molar-refractivity contribution in [2.75, 3.05) is 0 Å². The Morgan fingerprint density at radius 3 is 2.50 bits per heavy atom. The van der Waals surface area contributed by atoms with Crippen molar-refractivity contribution in [3.05, 3.63) is 63.3 Å². The van der Waals surface area contributed by atoms with E-state index in [0.29, 0.717) is 0 Å². The van der Waals surface area contributed by atoms with E-state index in [9.17, 15) is 4.39 Å². The largest absolute Gasteiger partial charge is 0.273 e. The first kappa shape index (κ1) is 15.2. The van der Waals surface area contributed by atoms with Crippen molar-refractivity contribution in [2.24, 2.45) is 4.99 Å². The van der Waals surface area contributed by atoms with Crippen LogP contribution in [0.4, 0.5) is 4.39 Å². The maximum absolute atomic E-state index is 13.3. The number of aryl methyl sites for hydroxylation is 2. The van der Waals surface area contributed by atoms with Gasteiger partial charge in [0.1, 0.15) is 22.7 Å². The van der Waals surface area contributed by atoms with E-state index in [4.69, 9.17) is 4.99 Å². The Labute approximate surface area is 143 Å². The Hall–Kier alpha value is -2.34. The molecule has 3 heterocycles. The second-order valence-electron chi connectivity index (χ2n) is 6.06. The van der Waals surface area contributed by atoms with Crippen LogP contribution in [-0.2, 0) is 0 Å². The third kappa shape index (κ3) is 2.13. The fourth-order valence-electron chi connectivity index (χ4n) is 3.09. The van der Waals surface area contributed by atoms with Gasteiger partial charge in [-0.15, -0.1) is 21.5 Å². The number of rotatable bonds is 1. The van der Waals surface area contributed by atoms with Crippen molar-refractivity contribution in [3.63, 3.8) is 0 Å². The average Bonchev–Trinajstić information content (AvgIpc) is 3.03. The number of hydrogen-bond donors (Lipinski definition) is 0. The van der Waals surface area contributed by atoms with E-state index < -0.39 is 0 Å². The first-order valence-corrected chi connectivity index (χ1v) is 8.65. The molecule has 0 radical (unpaired) electrons. The highest BCUT2D eigenvalue weighted by Crippen LogP contribution is 2.38. The zero-order valence-corrected chi connectivity index (χ0v) is 14.8. The summed E-state index contributed by atoms with van der Waals surface area (Å²) in [6.07, 6.45) is 0. The molecule has 3 aromatic rings. The molecule has 1 aliphatic rings. The molecule has 1 unspecified atom stereocenters. The van der Waals surface area contributed by atoms with E-state index in [1.165, 1.54) is 22.6 Å². The van der Waals surface area contributed by atoms with Gasteiger partial charge in [0.15, 0.2) is 5.82 Å². The normalized spacial score (nSPS) is 16.4. The Morgan fingerprint density at radius 2 is 1.79 bits per heavy atom. The van der Waals surface area contributed by atoms with Crippen LogP contribution >= 0.6 is 11.3 Å². The SMILES string of the molecule is Cc1sc2c(c1C)C(c1ccc(F)cc1)=NC(C)c1nnc(C)n1-2. The second kappa shape index (κ2) is 5.34. The quantitative estimate of drug-likeness (QED) is 0.663. The lowest BCUT2D eigenvalue weighted by Crippen LogP contribution is -2.07. The molecule has 2 aromatic heterocycles. The van der Waals surface area contributed by atoms with Gasteiger partial charge < -0.3 is 0 Å². The smallest absolute Gasteiger partial charge is 0.162 e. The topological polar surface area (TPSA) is 43.1 Å². The van der Waals surface area contributed by atoms with Gasteiger partial charge in [-0.05, 0) is 57.5 Å². The van der Waals surface area contributed by atoms with E-state index in [2.05, 4.69) is 28.6 Å². The van der Waals surface area contributed by atoms with E-state index in [1.807, 2.05) is 13.8 Å². The summed E-state index contributed by atoms with van der Waals surface area (Å²) in [6.45, 7) is 8.20. The van der Waals surface area contributed by atoms with Crippen molar-refractivity contribution >= 4 is 17.0 Å². The standard InChI is InChI=1S/C18H17FN4S/c1-9-11(3)24-18-15(9)16(13-5-7-14(19)8-6-13)20-10(2)17-22-21-12(4)23(17)18/h5-8,10H,1-4H3. The summed E-state index contributed by atoms with van der Waals surface area (Å²) < 4.78 is 15.5. The summed E-state index contributed by atoms with van der Waals surface area (Å²) >= 11 is 1.72. The maximum Gasteiger partial charge on any atom is 0.162 e. The van der Waals surface area contributed by atoms with E-state index in [1.54, 1.807) is 23.5 Å². The number of aromatic nitrogens is 3. The van der Waals surface area contributed by atoms with E-state index in [0.717, 1.165) is 33.5 Å². The number of nitrogens with zero attached hydrogens (tertiary/aromatic N) is 4. The van der Waals surface area contributed by atoms with Crippen molar-refractivity contribution in [1.82, 2.24) is 14.8 Å². The minimum atomic E-state index is -0.243. The van der Waals surface area contributed by atoms with Crippen molar-refractivity contribution in [2.45, 2.75) is 33.7 Å². The van der Waals surface area contributed by atoms with Gasteiger partial charge in [-0.3, -0.25) is 9.56 Å². The predicted octanol–water partition coefficient (Wildman–Crippen LogP) is 4.31. The number of benzene rings is 1. The number of fused-ring (bicyclic) bond motifs is 3. The van der Waals surface area contributed by atoms with Crippen LogP contribution in [0.25, 0.3) is 5.00 Å². The van der Waals surface area contributed by atoms with Gasteiger partial charge in [-0.2, -0.15) is 0 Å². The molecular weight excluding hydrogens is 323 g/mol. The molecule has 1 aromatic carbocycles. The highest BCUT2D eigenvalue weighted by atomic mass is 32.1. The fraction of sp³-hybridized carbons (Fsp3) is 0.278. The minimum Gasteiger partial charge on any atom is -0.273 e. The monoisotopic (exact) mass is 340 g/mol. The number of hydrogen-bond acceptors (Lipinski definition) is 4. The molecule has 4 rings (SSSR count). The van der Waals surface area contributed by atoms with Crippen LogP contribution in [0, 0.1) is 26.6 Å². The Kier molecular flexibility index (Phi) is 3.38. The summed E-state index contributed by atoms with van der Waals surface area (Å²) in [7, 11) is 0. The summed E-state index contributed by atoms with van der Waals surface area (Å²) in [5, 5.41) is 9.66. The fourth-order valence-corrected chi connectivity index (χ4v) is 4.30. The molecule has 0 fully saturated rings. The van der Waals surface area contributed by atoms with Gasteiger partial charge >= 0.3 is 0 Å². The summed E-state index contributed by atoms with van der Waals surface area (Å²) in [5.41, 5.74) is 4.11. The van der Waals surface area contributed by atoms with Crippen LogP contribution in [0.15, 0.2) is 29.3 Å². The first-order chi connectivity index (χ1) is 11.5. The van der Waals surface area contributed by atoms with Gasteiger partial charge in [0.2, 0.25) is 0 Å². The van der Waals surface area contributed by atoms with Crippen molar-refractivity contribution in [1.29, 1.82) is 0 Å². The number of aliphatic imine (C=N–C) groups is 1. The molecule has 24 heavy (non-hydrogen) atoms. The lowest BCUT2D eigenvalue weighted by atomic mass is 10.00. The summed E-state index contributed by atoms with van der Waals surface area (Å²) in [6, 6.07) is 6.41. The Bertz CT molecular complexity index is 966. The summed E-state index contributed by atoms with van der Waals surface area (Å²) in [5.74, 6) is 1.45. The molecule has 1 atom stereocenters. The Morgan fingerprint density at radius 1 is 1.08 bits per heavy atom. The zero-order chi connectivity index (χ0) is 17.0. The van der Waals surface area contributed by atoms with E-state index in [-0.39, 0.29) is 11.9 Å². The van der Waals surface area contributed by atoms with Gasteiger partial charge in [-0.1, -0.05) is 0 Å². The molecule has 0 aliphatic carbocycles. The molecule has 122 valence electrons. The van der Waals surface area contributed by atoms with Gasteiger partial charge in [0, 0.05) is 16.0 Å². The predicted molar refractivity (Wildman–Crippen MR) is 93.9 cm³/mol. The average molecular weight is 340 g/mol. The first-order valence-electron chi connectivity index (χ1n) is 7.83. The van der Waals surface area contributed by atoms with Crippen LogP contribution in [-0.4, -0.2) is 20.5 Å². The highest BCUT2D eigenvalue weighted by molar-refractivity contribution is 7.15. The van der Waals surface area contributed by atoms with Crippen LogP contribution in [0.3, 0.4) is 0 Å². The minimum absolute atomic E-state index is 0.120. The molecule has 1 aliphatic heterocycles. The molecular formula is C18H17FN4S. The van der Waals surface area contributed by atoms with Crippen LogP contribution in [0.1, 0.15) is 46.2 Å². The van der Waals surface area contributed by atoms with Gasteiger partial charge in [0.25, 0.3) is 0 Å². The number of halogens is 1. The zero-order valence-electron chi connectivity index (χ0n) is 14.0. The van der Waals surface area contributed by atoms with Crippen LogP contribution < -0.4 is 0 Å². The molecule has 0 saturated carbocycles. The van der Waals surface area contributed by atoms with Crippen LogP contribution in [0.5, 0.6) is 0 Å². The van der Waals surface area contributed by atoms with Gasteiger partial charge in [-0.25, -0.2) is 4.39 Å². The molecule has 0 spiro atoms. The molecule has 0 bridgehead atoms. The molecule has 0 saturated heterocycles. The van der Waals surface area contributed by atoms with Crippen LogP contribution in [0.2, 0.25) is 0 Å². The molecule has 0 N–H and O–H groups in total. The lowest BCUT2D eigenvalue weighted by Gasteiger charge is -2.09. The third-order valence-electron chi connectivity index (χ3n) is 4.47. The highest BCUT2D eigenvalue weighted by Gasteiger charge is 2.29.